The van der Waals surface area contributed by atoms with Crippen LogP contribution >= 0.6 is 11.3 Å². The van der Waals surface area contributed by atoms with Gasteiger partial charge in [-0.25, -0.2) is 4.98 Å². The Balaban J connectivity index is 1.36. The number of aromatic nitrogens is 2. The second-order valence-electron chi connectivity index (χ2n) is 8.90. The van der Waals surface area contributed by atoms with Gasteiger partial charge in [-0.3, -0.25) is 19.5 Å². The van der Waals surface area contributed by atoms with Crippen molar-refractivity contribution in [1.29, 1.82) is 0 Å². The minimum absolute atomic E-state index is 0.0735. The minimum atomic E-state index is -0.105. The number of benzene rings is 2. The van der Waals surface area contributed by atoms with Crippen LogP contribution in [0.4, 0.5) is 5.13 Å². The molecular weight excluding hydrogens is 512 g/mol. The first kappa shape index (κ1) is 26.2. The number of hydrogen-bond donors (Lipinski definition) is 2. The maximum absolute atomic E-state index is 13.6. The summed E-state index contributed by atoms with van der Waals surface area (Å²) in [5.74, 6) is 1.27. The number of nitrogens with one attached hydrogen (secondary N) is 2. The van der Waals surface area contributed by atoms with Gasteiger partial charge in [0, 0.05) is 60.0 Å². The normalized spacial score (nSPS) is 12.9. The highest BCUT2D eigenvalue weighted by Gasteiger charge is 2.21. The summed E-state index contributed by atoms with van der Waals surface area (Å²) < 4.78 is 7.24. The summed E-state index contributed by atoms with van der Waals surface area (Å²) in [6, 6.07) is 13.1. The lowest BCUT2D eigenvalue weighted by molar-refractivity contribution is -0.119. The smallest absolute Gasteiger partial charge is 0.248 e. The van der Waals surface area contributed by atoms with E-state index in [-0.39, 0.29) is 18.2 Å². The van der Waals surface area contributed by atoms with E-state index in [1.807, 2.05) is 71.5 Å². The maximum atomic E-state index is 13.6. The number of ketones is 1. The molecular formula is C29H30N6O3S. The Labute approximate surface area is 230 Å². The zero-order chi connectivity index (χ0) is 27.2. The van der Waals surface area contributed by atoms with Crippen molar-refractivity contribution < 1.29 is 14.3 Å². The number of ether oxygens (including phenoxy) is 1. The molecule has 0 bridgehead atoms. The highest BCUT2D eigenvalue weighted by molar-refractivity contribution is 7.13. The molecule has 0 fully saturated rings. The number of anilines is 1. The van der Waals surface area contributed by atoms with Crippen molar-refractivity contribution in [2.45, 2.75) is 13.5 Å². The van der Waals surface area contributed by atoms with Crippen LogP contribution in [0.25, 0.3) is 17.0 Å². The number of rotatable bonds is 10. The van der Waals surface area contributed by atoms with Crippen LogP contribution in [0.3, 0.4) is 0 Å². The van der Waals surface area contributed by atoms with E-state index in [1.54, 1.807) is 24.4 Å². The van der Waals surface area contributed by atoms with E-state index in [9.17, 15) is 9.59 Å². The molecule has 9 nitrogen and oxygen atoms in total. The molecule has 0 spiro atoms. The lowest BCUT2D eigenvalue weighted by Gasteiger charge is -2.18. The Morgan fingerprint density at radius 2 is 2.08 bits per heavy atom. The van der Waals surface area contributed by atoms with Gasteiger partial charge in [-0.2, -0.15) is 0 Å². The highest BCUT2D eigenvalue weighted by Crippen LogP contribution is 2.28. The van der Waals surface area contributed by atoms with Crippen molar-refractivity contribution in [1.82, 2.24) is 20.2 Å². The molecule has 2 aromatic heterocycles. The van der Waals surface area contributed by atoms with Gasteiger partial charge >= 0.3 is 0 Å². The standard InChI is InChI=1S/C29H30N6O3S/c1-3-35(29-33-15-16-39-29)26(36)19-34-18-24(23-11-10-22(38-2)17-25(23)34)27(37)21-8-6-20(7-9-21)5-4-12-30-28-31-13-14-32-28/h4-11,15-18H,3,12-14,19H2,1-2H3,(H2,30,31,32)/b5-4+. The third-order valence-corrected chi connectivity index (χ3v) is 7.25. The fraction of sp³-hybridized carbons (Fsp3) is 0.241. The van der Waals surface area contributed by atoms with Gasteiger partial charge < -0.3 is 19.9 Å². The van der Waals surface area contributed by atoms with Crippen LogP contribution in [0.5, 0.6) is 5.75 Å². The van der Waals surface area contributed by atoms with Crippen molar-refractivity contribution in [3.05, 3.63) is 83.0 Å². The molecule has 0 saturated heterocycles. The number of carbonyl (C=O) groups excluding carboxylic acids is 2. The van der Waals surface area contributed by atoms with Crippen LogP contribution in [0.1, 0.15) is 28.4 Å². The Morgan fingerprint density at radius 1 is 1.23 bits per heavy atom. The van der Waals surface area contributed by atoms with Gasteiger partial charge in [0.25, 0.3) is 0 Å². The Morgan fingerprint density at radius 3 is 2.77 bits per heavy atom. The van der Waals surface area contributed by atoms with Gasteiger partial charge in [-0.05, 0) is 24.6 Å². The molecule has 1 amide bonds. The third kappa shape index (κ3) is 5.85. The number of amides is 1. The molecule has 2 aromatic carbocycles. The quantitative estimate of drug-likeness (QED) is 0.294. The Kier molecular flexibility index (Phi) is 8.02. The molecule has 39 heavy (non-hydrogen) atoms. The monoisotopic (exact) mass is 542 g/mol. The van der Waals surface area contributed by atoms with Crippen LogP contribution < -0.4 is 20.3 Å². The summed E-state index contributed by atoms with van der Waals surface area (Å²) in [5, 5.41) is 9.66. The number of nitrogens with zero attached hydrogens (tertiary/aromatic N) is 4. The van der Waals surface area contributed by atoms with E-state index in [1.165, 1.54) is 11.3 Å². The number of thiazole rings is 1. The fourth-order valence-electron chi connectivity index (χ4n) is 4.48. The fourth-order valence-corrected chi connectivity index (χ4v) is 5.20. The molecule has 1 aliphatic rings. The van der Waals surface area contributed by atoms with Crippen LogP contribution in [-0.4, -0.2) is 60.5 Å². The molecule has 10 heteroatoms. The summed E-state index contributed by atoms with van der Waals surface area (Å²) in [7, 11) is 1.60. The molecule has 0 aliphatic carbocycles. The maximum Gasteiger partial charge on any atom is 0.248 e. The van der Waals surface area contributed by atoms with E-state index in [2.05, 4.69) is 20.6 Å². The first-order valence-corrected chi connectivity index (χ1v) is 13.7. The molecule has 2 N–H and O–H groups in total. The molecule has 0 atom stereocenters. The summed E-state index contributed by atoms with van der Waals surface area (Å²) in [5.41, 5.74) is 2.87. The Bertz CT molecular complexity index is 1520. The third-order valence-electron chi connectivity index (χ3n) is 6.45. The number of carbonyl (C=O) groups is 2. The number of guanidine groups is 1. The van der Waals surface area contributed by atoms with Gasteiger partial charge in [-0.1, -0.05) is 36.4 Å². The number of hydrogen-bond acceptors (Lipinski definition) is 8. The lowest BCUT2D eigenvalue weighted by Crippen LogP contribution is -2.33. The second-order valence-corrected chi connectivity index (χ2v) is 9.77. The SMILES string of the molecule is CCN(C(=O)Cn1cc(C(=O)c2ccc(/C=C/CNC3=NCCN3)cc2)c2ccc(OC)cc21)c1nccs1. The van der Waals surface area contributed by atoms with E-state index >= 15 is 0 Å². The molecule has 4 aromatic rings. The molecule has 0 saturated carbocycles. The van der Waals surface area contributed by atoms with Crippen molar-refractivity contribution in [3.8, 4) is 5.75 Å². The summed E-state index contributed by atoms with van der Waals surface area (Å²) in [6.07, 6.45) is 7.47. The van der Waals surface area contributed by atoms with Gasteiger partial charge in [0.1, 0.15) is 12.3 Å². The molecule has 5 rings (SSSR count). The first-order valence-electron chi connectivity index (χ1n) is 12.8. The summed E-state index contributed by atoms with van der Waals surface area (Å²) in [4.78, 5) is 37.1. The average Bonchev–Trinajstić information content (AvgIpc) is 3.74. The Hall–Kier alpha value is -4.44. The molecule has 1 aliphatic heterocycles. The number of methoxy groups -OCH3 is 1. The van der Waals surface area contributed by atoms with Crippen LogP contribution in [0.15, 0.2) is 71.3 Å². The lowest BCUT2D eigenvalue weighted by atomic mass is 10.0. The van der Waals surface area contributed by atoms with Gasteiger partial charge in [0.2, 0.25) is 5.91 Å². The molecule has 0 unspecified atom stereocenters. The van der Waals surface area contributed by atoms with E-state index < -0.39 is 0 Å². The van der Waals surface area contributed by atoms with E-state index in [0.717, 1.165) is 35.5 Å². The predicted molar refractivity (Wildman–Crippen MR) is 156 cm³/mol. The van der Waals surface area contributed by atoms with Crippen LogP contribution in [0, 0.1) is 0 Å². The number of likely N-dealkylation sites (N-methyl/N-ethyl adjacent to an activating group) is 1. The topological polar surface area (TPSA) is 101 Å². The summed E-state index contributed by atoms with van der Waals surface area (Å²) in [6.45, 7) is 4.82. The highest BCUT2D eigenvalue weighted by atomic mass is 32.1. The molecule has 200 valence electrons. The van der Waals surface area contributed by atoms with Crippen LogP contribution in [-0.2, 0) is 11.3 Å². The zero-order valence-corrected chi connectivity index (χ0v) is 22.7. The molecule has 3 heterocycles. The van der Waals surface area contributed by atoms with E-state index in [4.69, 9.17) is 4.74 Å². The van der Waals surface area contributed by atoms with Gasteiger partial charge in [0.15, 0.2) is 16.9 Å². The van der Waals surface area contributed by atoms with Crippen molar-refractivity contribution >= 4 is 51.1 Å². The largest absolute Gasteiger partial charge is 0.497 e. The molecule has 0 radical (unpaired) electrons. The predicted octanol–water partition coefficient (Wildman–Crippen LogP) is 3.95. The number of aliphatic imine (C=N–C) groups is 1. The van der Waals surface area contributed by atoms with Gasteiger partial charge in [-0.15, -0.1) is 11.3 Å². The number of fused-ring (bicyclic) bond motifs is 1. The van der Waals surface area contributed by atoms with Crippen molar-refractivity contribution in [3.63, 3.8) is 0 Å². The minimum Gasteiger partial charge on any atom is -0.497 e. The van der Waals surface area contributed by atoms with Crippen molar-refractivity contribution in [2.75, 3.05) is 38.2 Å². The second kappa shape index (κ2) is 12.0. The van der Waals surface area contributed by atoms with Crippen molar-refractivity contribution in [2.24, 2.45) is 4.99 Å². The summed E-state index contributed by atoms with van der Waals surface area (Å²) >= 11 is 1.42. The first-order chi connectivity index (χ1) is 19.1. The van der Waals surface area contributed by atoms with Crippen LogP contribution in [0.2, 0.25) is 0 Å². The average molecular weight is 543 g/mol. The zero-order valence-electron chi connectivity index (χ0n) is 21.9. The van der Waals surface area contributed by atoms with E-state index in [0.29, 0.717) is 35.1 Å². The van der Waals surface area contributed by atoms with Gasteiger partial charge in [0.05, 0.1) is 19.2 Å².